The third-order valence-corrected chi connectivity index (χ3v) is 6.44. The van der Waals surface area contributed by atoms with Gasteiger partial charge in [-0.05, 0) is 59.1 Å². The lowest BCUT2D eigenvalue weighted by Crippen LogP contribution is -2.59. The number of hydrogen-bond acceptors (Lipinski definition) is 8. The highest BCUT2D eigenvalue weighted by molar-refractivity contribution is 5.93. The molecule has 2 atom stereocenters. The van der Waals surface area contributed by atoms with Crippen molar-refractivity contribution in [2.45, 2.75) is 77.9 Å². The maximum atomic E-state index is 13.5. The molecule has 1 rings (SSSR count). The number of ketones is 2. The molecule has 2 N–H and O–H groups in total. The van der Waals surface area contributed by atoms with Crippen LogP contribution in [-0.4, -0.2) is 97.6 Å². The van der Waals surface area contributed by atoms with Gasteiger partial charge in [0.15, 0.2) is 11.6 Å². The second-order valence-electron chi connectivity index (χ2n) is 10.6. The van der Waals surface area contributed by atoms with Crippen molar-refractivity contribution in [3.63, 3.8) is 0 Å². The molecule has 0 radical (unpaired) electrons. The van der Waals surface area contributed by atoms with Crippen LogP contribution in [0, 0.1) is 5.92 Å². The number of nitrogens with one attached hydrogen (secondary N) is 2. The van der Waals surface area contributed by atoms with Gasteiger partial charge < -0.3 is 24.6 Å². The van der Waals surface area contributed by atoms with E-state index in [0.29, 0.717) is 25.8 Å². The van der Waals surface area contributed by atoms with Crippen LogP contribution in [0.3, 0.4) is 0 Å². The highest BCUT2D eigenvalue weighted by Gasteiger charge is 2.38. The lowest BCUT2D eigenvalue weighted by Gasteiger charge is -2.36. The molecule has 0 fully saturated rings. The summed E-state index contributed by atoms with van der Waals surface area (Å²) >= 11 is 0. The zero-order chi connectivity index (χ0) is 27.5. The van der Waals surface area contributed by atoms with Crippen molar-refractivity contribution >= 4 is 23.8 Å². The van der Waals surface area contributed by atoms with E-state index in [4.69, 9.17) is 9.47 Å². The summed E-state index contributed by atoms with van der Waals surface area (Å²) in [7, 11) is 3.25. The first-order valence-corrected chi connectivity index (χ1v) is 12.7. The summed E-state index contributed by atoms with van der Waals surface area (Å²) < 4.78 is 10.4. The van der Waals surface area contributed by atoms with Gasteiger partial charge in [-0.1, -0.05) is 13.8 Å². The Bertz CT molecular complexity index is 799. The number of rotatable bonds is 4. The summed E-state index contributed by atoms with van der Waals surface area (Å²) in [4.78, 5) is 54.0. The van der Waals surface area contributed by atoms with Crippen LogP contribution in [0.15, 0.2) is 12.2 Å². The van der Waals surface area contributed by atoms with E-state index in [1.807, 2.05) is 34.6 Å². The Morgan fingerprint density at radius 1 is 0.944 bits per heavy atom. The smallest absolute Gasteiger partial charge is 0.409 e. The fraction of sp³-hybridized carbons (Fsp3) is 0.769. The molecule has 10 heteroatoms. The van der Waals surface area contributed by atoms with Crippen LogP contribution in [0.2, 0.25) is 0 Å². The summed E-state index contributed by atoms with van der Waals surface area (Å²) in [5.41, 5.74) is -1.85. The van der Waals surface area contributed by atoms with Gasteiger partial charge >= 0.3 is 12.2 Å². The molecule has 0 aromatic rings. The highest BCUT2D eigenvalue weighted by Crippen LogP contribution is 2.20. The van der Waals surface area contributed by atoms with E-state index >= 15 is 0 Å². The number of cyclic esters (lactones) is 2. The first-order valence-electron chi connectivity index (χ1n) is 12.7. The fourth-order valence-corrected chi connectivity index (χ4v) is 4.17. The van der Waals surface area contributed by atoms with Crippen LogP contribution in [0.4, 0.5) is 9.59 Å². The largest absolute Gasteiger partial charge is 0.445 e. The van der Waals surface area contributed by atoms with E-state index in [2.05, 4.69) is 10.6 Å². The maximum Gasteiger partial charge on any atom is 0.409 e. The van der Waals surface area contributed by atoms with Gasteiger partial charge in [-0.3, -0.25) is 14.9 Å². The molecule has 1 aliphatic rings. The molecule has 1 aliphatic heterocycles. The number of nitrogens with zero attached hydrogens (tertiary/aromatic N) is 2. The lowest BCUT2D eigenvalue weighted by atomic mass is 9.84. The summed E-state index contributed by atoms with van der Waals surface area (Å²) in [6.07, 6.45) is 3.64. The first kappa shape index (κ1) is 31.6. The molecule has 0 aromatic carbocycles. The number of hydrogen-bond donors (Lipinski definition) is 2. The zero-order valence-corrected chi connectivity index (χ0v) is 23.3. The molecular weight excluding hydrogens is 464 g/mol. The lowest BCUT2D eigenvalue weighted by molar-refractivity contribution is -0.129. The van der Waals surface area contributed by atoms with Crippen LogP contribution in [0.5, 0.6) is 0 Å². The van der Waals surface area contributed by atoms with Gasteiger partial charge in [-0.25, -0.2) is 9.59 Å². The van der Waals surface area contributed by atoms with Crippen molar-refractivity contribution in [2.24, 2.45) is 5.92 Å². The van der Waals surface area contributed by atoms with Crippen LogP contribution in [0.1, 0.15) is 60.8 Å². The fourth-order valence-electron chi connectivity index (χ4n) is 4.17. The highest BCUT2D eigenvalue weighted by atomic mass is 16.6. The number of Topliss-reactive ketones (excluding diaryl/α,β-unsaturated/α-hetero) is 2. The van der Waals surface area contributed by atoms with E-state index in [1.165, 1.54) is 9.80 Å². The molecule has 206 valence electrons. The van der Waals surface area contributed by atoms with E-state index < -0.39 is 23.3 Å². The van der Waals surface area contributed by atoms with Crippen LogP contribution in [-0.2, 0) is 19.1 Å². The molecule has 0 saturated heterocycles. The Balaban J connectivity index is 3.18. The predicted molar refractivity (Wildman–Crippen MR) is 139 cm³/mol. The molecule has 2 amide bonds. The Labute approximate surface area is 216 Å². The summed E-state index contributed by atoms with van der Waals surface area (Å²) in [5, 5.41) is 6.59. The van der Waals surface area contributed by atoms with Gasteiger partial charge in [-0.2, -0.15) is 0 Å². The average molecular weight is 511 g/mol. The molecular formula is C26H46N4O6. The maximum absolute atomic E-state index is 13.5. The van der Waals surface area contributed by atoms with Gasteiger partial charge in [-0.15, -0.1) is 0 Å². The van der Waals surface area contributed by atoms with Crippen molar-refractivity contribution in [3.8, 4) is 0 Å². The number of amides is 2. The van der Waals surface area contributed by atoms with Crippen LogP contribution >= 0.6 is 0 Å². The van der Waals surface area contributed by atoms with Crippen molar-refractivity contribution in [2.75, 3.05) is 46.9 Å². The van der Waals surface area contributed by atoms with Crippen molar-refractivity contribution in [3.05, 3.63) is 12.2 Å². The summed E-state index contributed by atoms with van der Waals surface area (Å²) in [6, 6.07) is 0.0577. The number of carbonyl (C=O) groups is 4. The minimum atomic E-state index is -0.998. The Morgan fingerprint density at radius 3 is 1.97 bits per heavy atom. The molecule has 0 spiro atoms. The van der Waals surface area contributed by atoms with E-state index in [9.17, 15) is 19.2 Å². The third-order valence-electron chi connectivity index (χ3n) is 6.44. The third kappa shape index (κ3) is 9.89. The predicted octanol–water partition coefficient (Wildman–Crippen LogP) is 2.76. The van der Waals surface area contributed by atoms with Gasteiger partial charge in [0, 0.05) is 39.1 Å². The van der Waals surface area contributed by atoms with Crippen molar-refractivity contribution in [1.82, 2.24) is 20.4 Å². The quantitative estimate of drug-likeness (QED) is 0.555. The second kappa shape index (κ2) is 14.3. The molecule has 0 saturated carbocycles. The molecule has 0 unspecified atom stereocenters. The van der Waals surface area contributed by atoms with Gasteiger partial charge in [0.05, 0.1) is 17.6 Å². The van der Waals surface area contributed by atoms with Crippen molar-refractivity contribution < 1.29 is 28.7 Å². The molecule has 10 nitrogen and oxygen atoms in total. The minimum Gasteiger partial charge on any atom is -0.445 e. The number of carbonyl (C=O) groups excluding carboxylic acids is 4. The monoisotopic (exact) mass is 510 g/mol. The van der Waals surface area contributed by atoms with E-state index in [0.717, 1.165) is 0 Å². The molecule has 0 bridgehead atoms. The Morgan fingerprint density at radius 2 is 1.47 bits per heavy atom. The minimum absolute atomic E-state index is 0.0119. The number of ether oxygens (including phenoxy) is 2. The van der Waals surface area contributed by atoms with Gasteiger partial charge in [0.1, 0.15) is 13.2 Å². The molecule has 36 heavy (non-hydrogen) atoms. The summed E-state index contributed by atoms with van der Waals surface area (Å²) in [6.45, 7) is 12.0. The van der Waals surface area contributed by atoms with Crippen molar-refractivity contribution in [1.29, 1.82) is 0 Å². The van der Waals surface area contributed by atoms with Gasteiger partial charge in [0.2, 0.25) is 0 Å². The Hall–Kier alpha value is -2.46. The Kier molecular flexibility index (Phi) is 12.6. The SMILES string of the molecule is CC(C)N[C@]1(C)CCCN(C)C(=O)OC/C=C/COC(=O)N(C)CC[C@](C)(C(=O)C(C)C)NCC1=O. The molecule has 0 aromatic heterocycles. The molecule has 0 aliphatic carbocycles. The molecule has 1 heterocycles. The standard InChI is InChI=1S/C26H46N4O6/c1-19(2)22(32)26(6)13-15-30(8)24(34)36-17-10-9-16-35-23(33)29(7)14-11-12-25(5,28-20(3)4)21(31)18-27-26/h9-10,19-20,27-28H,11-18H2,1-8H3/b10-9+/t25-,26-/m1/s1. The van der Waals surface area contributed by atoms with E-state index in [1.54, 1.807) is 33.2 Å². The van der Waals surface area contributed by atoms with Gasteiger partial charge in [0.25, 0.3) is 0 Å². The normalized spacial score (nSPS) is 27.6. The van der Waals surface area contributed by atoms with E-state index in [-0.39, 0.29) is 49.8 Å². The average Bonchev–Trinajstić information content (AvgIpc) is 2.80. The second-order valence-corrected chi connectivity index (χ2v) is 10.6. The van der Waals surface area contributed by atoms with Crippen LogP contribution in [0.25, 0.3) is 0 Å². The topological polar surface area (TPSA) is 117 Å². The zero-order valence-electron chi connectivity index (χ0n) is 23.3. The summed E-state index contributed by atoms with van der Waals surface area (Å²) in [5.74, 6) is -0.349. The van der Waals surface area contributed by atoms with Crippen LogP contribution < -0.4 is 10.6 Å². The first-order chi connectivity index (χ1) is 16.7.